The molecule has 2 heterocycles. The van der Waals surface area contributed by atoms with Crippen LogP contribution in [-0.2, 0) is 9.47 Å². The van der Waals surface area contributed by atoms with Crippen LogP contribution in [0.5, 0.6) is 0 Å². The van der Waals surface area contributed by atoms with Gasteiger partial charge in [-0.25, -0.2) is 4.79 Å². The fraction of sp³-hybridized carbons (Fsp3) is 0.917. The highest BCUT2D eigenvalue weighted by Crippen LogP contribution is 2.57. The molecule has 0 aromatic carbocycles. The summed E-state index contributed by atoms with van der Waals surface area (Å²) in [4.78, 5) is 11.5. The van der Waals surface area contributed by atoms with E-state index in [1.54, 1.807) is 0 Å². The Hall–Kier alpha value is -0.810. The molecule has 2 saturated heterocycles. The molecule has 3 aliphatic rings. The Morgan fingerprint density at radius 2 is 2.12 bits per heavy atom. The molecule has 2 aliphatic heterocycles. The number of alkyl carbamates (subject to hydrolysis) is 1. The fourth-order valence-electron chi connectivity index (χ4n) is 2.71. The molecule has 1 saturated carbocycles. The predicted octanol–water partition coefficient (Wildman–Crippen LogP) is 1.05. The number of fused-ring (bicyclic) bond motifs is 1. The van der Waals surface area contributed by atoms with E-state index >= 15 is 0 Å². The molecule has 98 valence electrons. The van der Waals surface area contributed by atoms with Gasteiger partial charge in [0.2, 0.25) is 0 Å². The minimum Gasteiger partial charge on any atom is -0.444 e. The number of carbonyl (C=O) groups excluding carboxylic acids is 1. The van der Waals surface area contributed by atoms with Crippen LogP contribution in [0.25, 0.3) is 0 Å². The third-order valence-corrected chi connectivity index (χ3v) is 3.37. The summed E-state index contributed by atoms with van der Waals surface area (Å²) in [5.74, 6) is 0. The van der Waals surface area contributed by atoms with Crippen LogP contribution in [0.3, 0.4) is 0 Å². The second kappa shape index (κ2) is 3.85. The average molecular weight is 243 g/mol. The number of carbonyl (C=O) groups is 1. The van der Waals surface area contributed by atoms with Crippen molar-refractivity contribution < 1.29 is 19.4 Å². The van der Waals surface area contributed by atoms with Crippen LogP contribution in [-0.4, -0.2) is 42.2 Å². The van der Waals surface area contributed by atoms with Crippen molar-refractivity contribution in [1.82, 2.24) is 5.32 Å². The van der Waals surface area contributed by atoms with Gasteiger partial charge in [-0.15, -0.1) is 0 Å². The highest BCUT2D eigenvalue weighted by atomic mass is 16.6. The summed E-state index contributed by atoms with van der Waals surface area (Å²) in [7, 11) is 0. The van der Waals surface area contributed by atoms with Gasteiger partial charge in [-0.1, -0.05) is 0 Å². The molecule has 1 aliphatic carbocycles. The number of ether oxygens (including phenoxy) is 2. The van der Waals surface area contributed by atoms with Crippen molar-refractivity contribution in [3.8, 4) is 0 Å². The van der Waals surface area contributed by atoms with Gasteiger partial charge in [0.15, 0.2) is 0 Å². The van der Waals surface area contributed by atoms with E-state index in [0.29, 0.717) is 13.2 Å². The maximum Gasteiger partial charge on any atom is 0.407 e. The van der Waals surface area contributed by atoms with E-state index < -0.39 is 11.7 Å². The first kappa shape index (κ1) is 12.6. The number of rotatable bonds is 3. The second-order valence-corrected chi connectivity index (χ2v) is 6.34. The SMILES string of the molecule is CC(C)(C)OC(=O)NCC12CC(CO)(CO1)C2. The monoisotopic (exact) mass is 243 g/mol. The van der Waals surface area contributed by atoms with Crippen LogP contribution in [0.4, 0.5) is 4.79 Å². The second-order valence-electron chi connectivity index (χ2n) is 6.34. The Morgan fingerprint density at radius 3 is 2.59 bits per heavy atom. The molecule has 0 radical (unpaired) electrons. The molecule has 0 aromatic rings. The maximum absolute atomic E-state index is 11.5. The van der Waals surface area contributed by atoms with E-state index in [4.69, 9.17) is 9.47 Å². The average Bonchev–Trinajstić information content (AvgIpc) is 2.67. The molecule has 0 spiro atoms. The summed E-state index contributed by atoms with van der Waals surface area (Å²) < 4.78 is 10.8. The normalized spacial score (nSPS) is 35.3. The van der Waals surface area contributed by atoms with Crippen molar-refractivity contribution in [1.29, 1.82) is 0 Å². The maximum atomic E-state index is 11.5. The van der Waals surface area contributed by atoms with E-state index in [0.717, 1.165) is 12.8 Å². The van der Waals surface area contributed by atoms with E-state index in [2.05, 4.69) is 5.32 Å². The van der Waals surface area contributed by atoms with Gasteiger partial charge in [-0.3, -0.25) is 0 Å². The Bertz CT molecular complexity index is 315. The van der Waals surface area contributed by atoms with Gasteiger partial charge in [-0.2, -0.15) is 0 Å². The Kier molecular flexibility index (Phi) is 2.86. The number of hydrogen-bond donors (Lipinski definition) is 2. The lowest BCUT2D eigenvalue weighted by Gasteiger charge is -2.43. The van der Waals surface area contributed by atoms with Gasteiger partial charge in [0.25, 0.3) is 0 Å². The molecule has 0 atom stereocenters. The molecule has 5 heteroatoms. The number of aliphatic hydroxyl groups excluding tert-OH is 1. The molecule has 2 bridgehead atoms. The third-order valence-electron chi connectivity index (χ3n) is 3.37. The summed E-state index contributed by atoms with van der Waals surface area (Å²) in [6, 6.07) is 0. The molecule has 3 rings (SSSR count). The largest absolute Gasteiger partial charge is 0.444 e. The predicted molar refractivity (Wildman–Crippen MR) is 61.7 cm³/mol. The van der Waals surface area contributed by atoms with Gasteiger partial charge in [0.05, 0.1) is 18.8 Å². The van der Waals surface area contributed by atoms with Crippen LogP contribution >= 0.6 is 0 Å². The van der Waals surface area contributed by atoms with Crippen molar-refractivity contribution in [3.05, 3.63) is 0 Å². The molecule has 17 heavy (non-hydrogen) atoms. The molecule has 1 amide bonds. The third kappa shape index (κ3) is 2.55. The Morgan fingerprint density at radius 1 is 1.47 bits per heavy atom. The van der Waals surface area contributed by atoms with Crippen molar-refractivity contribution >= 4 is 6.09 Å². The molecule has 0 unspecified atom stereocenters. The lowest BCUT2D eigenvalue weighted by atomic mass is 9.63. The molecule has 3 fully saturated rings. The van der Waals surface area contributed by atoms with E-state index in [1.165, 1.54) is 0 Å². The minimum absolute atomic E-state index is 0.0460. The van der Waals surface area contributed by atoms with Crippen LogP contribution < -0.4 is 5.32 Å². The van der Waals surface area contributed by atoms with Crippen LogP contribution in [0, 0.1) is 5.41 Å². The topological polar surface area (TPSA) is 67.8 Å². The first-order chi connectivity index (χ1) is 7.78. The Labute approximate surface area is 101 Å². The summed E-state index contributed by atoms with van der Waals surface area (Å²) in [5, 5.41) is 11.9. The van der Waals surface area contributed by atoms with Crippen molar-refractivity contribution in [2.45, 2.75) is 44.8 Å². The summed E-state index contributed by atoms with van der Waals surface area (Å²) in [6.07, 6.45) is 1.24. The summed E-state index contributed by atoms with van der Waals surface area (Å²) in [6.45, 7) is 6.72. The molecule has 0 aromatic heterocycles. The first-order valence-electron chi connectivity index (χ1n) is 6.00. The Balaban J connectivity index is 1.76. The number of aliphatic hydroxyl groups is 1. The fourth-order valence-corrected chi connectivity index (χ4v) is 2.71. The summed E-state index contributed by atoms with van der Waals surface area (Å²) >= 11 is 0. The zero-order valence-corrected chi connectivity index (χ0v) is 10.7. The van der Waals surface area contributed by atoms with Gasteiger partial charge >= 0.3 is 6.09 Å². The molecular weight excluding hydrogens is 222 g/mol. The number of amides is 1. The number of hydrogen-bond acceptors (Lipinski definition) is 4. The quantitative estimate of drug-likeness (QED) is 0.777. The molecule has 5 nitrogen and oxygen atoms in total. The highest BCUT2D eigenvalue weighted by molar-refractivity contribution is 5.67. The zero-order chi connectivity index (χ0) is 12.7. The van der Waals surface area contributed by atoms with E-state index in [-0.39, 0.29) is 17.6 Å². The van der Waals surface area contributed by atoms with Crippen LogP contribution in [0.2, 0.25) is 0 Å². The first-order valence-corrected chi connectivity index (χ1v) is 6.00. The van der Waals surface area contributed by atoms with Gasteiger partial charge < -0.3 is 19.9 Å². The van der Waals surface area contributed by atoms with E-state index in [1.807, 2.05) is 20.8 Å². The standard InChI is InChI=1S/C12H21NO4/c1-10(2,3)17-9(15)13-6-12-4-11(5-12,7-14)8-16-12/h14H,4-8H2,1-3H3,(H,13,15). The van der Waals surface area contributed by atoms with Crippen molar-refractivity contribution in [2.75, 3.05) is 19.8 Å². The van der Waals surface area contributed by atoms with E-state index in [9.17, 15) is 9.90 Å². The number of nitrogens with one attached hydrogen (secondary N) is 1. The van der Waals surface area contributed by atoms with Gasteiger partial charge in [0.1, 0.15) is 5.60 Å². The lowest BCUT2D eigenvalue weighted by molar-refractivity contribution is -0.0291. The molecule has 2 N–H and O–H groups in total. The smallest absolute Gasteiger partial charge is 0.407 e. The van der Waals surface area contributed by atoms with Gasteiger partial charge in [-0.05, 0) is 33.6 Å². The highest BCUT2D eigenvalue weighted by Gasteiger charge is 2.62. The zero-order valence-electron chi connectivity index (χ0n) is 10.7. The minimum atomic E-state index is -0.479. The van der Waals surface area contributed by atoms with Crippen molar-refractivity contribution in [3.63, 3.8) is 0 Å². The van der Waals surface area contributed by atoms with Crippen molar-refractivity contribution in [2.24, 2.45) is 5.41 Å². The lowest BCUT2D eigenvalue weighted by Crippen LogP contribution is -2.53. The summed E-state index contributed by atoms with van der Waals surface area (Å²) in [5.41, 5.74) is -0.790. The van der Waals surface area contributed by atoms with Crippen LogP contribution in [0.1, 0.15) is 33.6 Å². The molecular formula is C12H21NO4. The van der Waals surface area contributed by atoms with Crippen LogP contribution in [0.15, 0.2) is 0 Å². The van der Waals surface area contributed by atoms with Gasteiger partial charge in [0, 0.05) is 12.0 Å².